The second-order valence-electron chi connectivity index (χ2n) is 5.80. The zero-order valence-corrected chi connectivity index (χ0v) is 15.8. The summed E-state index contributed by atoms with van der Waals surface area (Å²) in [5.41, 5.74) is 1.55. The maximum Gasteiger partial charge on any atom is 0.242 e. The van der Waals surface area contributed by atoms with Gasteiger partial charge >= 0.3 is 0 Å². The minimum absolute atomic E-state index is 0.256. The molecule has 0 aromatic heterocycles. The second-order valence-corrected chi connectivity index (χ2v) is 7.92. The summed E-state index contributed by atoms with van der Waals surface area (Å²) >= 11 is 0. The first kappa shape index (κ1) is 19.9. The van der Waals surface area contributed by atoms with E-state index in [-0.39, 0.29) is 10.7 Å². The number of hydrogen-bond donors (Lipinski definition) is 2. The Balaban J connectivity index is 2.04. The van der Waals surface area contributed by atoms with Crippen LogP contribution in [0.1, 0.15) is 11.1 Å². The molecular formula is C18H23FN4O2S. The summed E-state index contributed by atoms with van der Waals surface area (Å²) in [4.78, 5) is 4.38. The molecule has 2 aromatic carbocycles. The summed E-state index contributed by atoms with van der Waals surface area (Å²) in [5, 5.41) is 6.21. The third kappa shape index (κ3) is 5.03. The fraction of sp³-hybridized carbons (Fsp3) is 0.278. The lowest BCUT2D eigenvalue weighted by molar-refractivity contribution is 0.519. The Labute approximate surface area is 153 Å². The average Bonchev–Trinajstić information content (AvgIpc) is 2.63. The minimum atomic E-state index is -3.52. The molecule has 26 heavy (non-hydrogen) atoms. The van der Waals surface area contributed by atoms with Crippen LogP contribution in [-0.4, -0.2) is 39.8 Å². The van der Waals surface area contributed by atoms with Crippen LogP contribution in [0.2, 0.25) is 0 Å². The molecule has 0 aliphatic carbocycles. The Hall–Kier alpha value is -2.45. The van der Waals surface area contributed by atoms with Crippen molar-refractivity contribution in [2.45, 2.75) is 18.0 Å². The molecule has 2 N–H and O–H groups in total. The number of halogens is 1. The maximum atomic E-state index is 12.9. The lowest BCUT2D eigenvalue weighted by Crippen LogP contribution is -2.36. The number of benzene rings is 2. The van der Waals surface area contributed by atoms with Crippen molar-refractivity contribution in [1.82, 2.24) is 14.9 Å². The molecule has 0 heterocycles. The van der Waals surface area contributed by atoms with Crippen LogP contribution in [0.3, 0.4) is 0 Å². The Bertz CT molecular complexity index is 865. The lowest BCUT2D eigenvalue weighted by Gasteiger charge is -2.17. The van der Waals surface area contributed by atoms with Crippen LogP contribution in [0.25, 0.3) is 0 Å². The molecule has 0 atom stereocenters. The summed E-state index contributed by atoms with van der Waals surface area (Å²) in [5.74, 6) is 0.237. The molecule has 2 aromatic rings. The molecule has 0 fully saturated rings. The standard InChI is InChI=1S/C18H23FN4O2S/c1-20-18(21-12-14-8-10-16(19)11-9-14)22-13-15-6-4-5-7-17(15)26(24,25)23(2)3/h4-11H,12-13H2,1-3H3,(H2,20,21,22). The van der Waals surface area contributed by atoms with Gasteiger partial charge in [0.05, 0.1) is 4.90 Å². The molecule has 0 aliphatic rings. The van der Waals surface area contributed by atoms with E-state index in [9.17, 15) is 12.8 Å². The SMILES string of the molecule is CN=C(NCc1ccc(F)cc1)NCc1ccccc1S(=O)(=O)N(C)C. The highest BCUT2D eigenvalue weighted by molar-refractivity contribution is 7.89. The van der Waals surface area contributed by atoms with Crippen molar-refractivity contribution in [3.8, 4) is 0 Å². The molecule has 0 spiro atoms. The van der Waals surface area contributed by atoms with E-state index in [1.807, 2.05) is 0 Å². The molecular weight excluding hydrogens is 355 g/mol. The third-order valence-corrected chi connectivity index (χ3v) is 5.69. The summed E-state index contributed by atoms with van der Waals surface area (Å²) in [7, 11) is 1.11. The van der Waals surface area contributed by atoms with Crippen molar-refractivity contribution in [3.63, 3.8) is 0 Å². The topological polar surface area (TPSA) is 73.8 Å². The van der Waals surface area contributed by atoms with Gasteiger partial charge < -0.3 is 10.6 Å². The van der Waals surface area contributed by atoms with Gasteiger partial charge in [-0.05, 0) is 29.3 Å². The number of aliphatic imine (C=N–C) groups is 1. The highest BCUT2D eigenvalue weighted by Crippen LogP contribution is 2.18. The first-order valence-electron chi connectivity index (χ1n) is 8.04. The Morgan fingerprint density at radius 3 is 2.27 bits per heavy atom. The van der Waals surface area contributed by atoms with E-state index in [4.69, 9.17) is 0 Å². The highest BCUT2D eigenvalue weighted by atomic mass is 32.2. The molecule has 0 aliphatic heterocycles. The van der Waals surface area contributed by atoms with Crippen molar-refractivity contribution >= 4 is 16.0 Å². The van der Waals surface area contributed by atoms with Crippen LogP contribution in [-0.2, 0) is 23.1 Å². The third-order valence-electron chi connectivity index (χ3n) is 3.77. The smallest absolute Gasteiger partial charge is 0.242 e. The molecule has 6 nitrogen and oxygen atoms in total. The molecule has 0 unspecified atom stereocenters. The van der Waals surface area contributed by atoms with Gasteiger partial charge in [0, 0.05) is 34.2 Å². The number of sulfonamides is 1. The summed E-state index contributed by atoms with van der Waals surface area (Å²) in [6.07, 6.45) is 0. The predicted molar refractivity (Wildman–Crippen MR) is 101 cm³/mol. The van der Waals surface area contributed by atoms with E-state index >= 15 is 0 Å². The fourth-order valence-electron chi connectivity index (χ4n) is 2.29. The molecule has 2 rings (SSSR count). The molecule has 0 bridgehead atoms. The van der Waals surface area contributed by atoms with Gasteiger partial charge in [0.2, 0.25) is 10.0 Å². The number of nitrogens with zero attached hydrogens (tertiary/aromatic N) is 2. The van der Waals surface area contributed by atoms with Gasteiger partial charge in [-0.25, -0.2) is 17.1 Å². The molecule has 0 saturated heterocycles. The summed E-state index contributed by atoms with van der Waals surface area (Å²) < 4.78 is 39.0. The fourth-order valence-corrected chi connectivity index (χ4v) is 3.40. The number of nitrogens with one attached hydrogen (secondary N) is 2. The van der Waals surface area contributed by atoms with Gasteiger partial charge in [-0.3, -0.25) is 4.99 Å². The van der Waals surface area contributed by atoms with Crippen molar-refractivity contribution in [3.05, 3.63) is 65.5 Å². The largest absolute Gasteiger partial charge is 0.352 e. The summed E-state index contributed by atoms with van der Waals surface area (Å²) in [6.45, 7) is 0.768. The zero-order chi connectivity index (χ0) is 19.2. The van der Waals surface area contributed by atoms with Crippen LogP contribution >= 0.6 is 0 Å². The lowest BCUT2D eigenvalue weighted by atomic mass is 10.2. The van der Waals surface area contributed by atoms with Gasteiger partial charge in [-0.15, -0.1) is 0 Å². The predicted octanol–water partition coefficient (Wildman–Crippen LogP) is 1.94. The van der Waals surface area contributed by atoms with Gasteiger partial charge in [-0.1, -0.05) is 30.3 Å². The maximum absolute atomic E-state index is 12.9. The van der Waals surface area contributed by atoms with Gasteiger partial charge in [0.1, 0.15) is 5.82 Å². The molecule has 140 valence electrons. The van der Waals surface area contributed by atoms with Gasteiger partial charge in [0.15, 0.2) is 5.96 Å². The second kappa shape index (κ2) is 8.77. The van der Waals surface area contributed by atoms with Crippen molar-refractivity contribution < 1.29 is 12.8 Å². The number of guanidine groups is 1. The van der Waals surface area contributed by atoms with E-state index < -0.39 is 10.0 Å². The average molecular weight is 378 g/mol. The molecule has 0 saturated carbocycles. The zero-order valence-electron chi connectivity index (χ0n) is 15.0. The van der Waals surface area contributed by atoms with Crippen LogP contribution in [0.4, 0.5) is 4.39 Å². The highest BCUT2D eigenvalue weighted by Gasteiger charge is 2.20. The molecule has 0 amide bonds. The van der Waals surface area contributed by atoms with E-state index in [2.05, 4.69) is 15.6 Å². The monoisotopic (exact) mass is 378 g/mol. The van der Waals surface area contributed by atoms with Crippen LogP contribution in [0.15, 0.2) is 58.4 Å². The number of hydrogen-bond acceptors (Lipinski definition) is 3. The van der Waals surface area contributed by atoms with Gasteiger partial charge in [0.25, 0.3) is 0 Å². The Kier molecular flexibility index (Phi) is 6.70. The van der Waals surface area contributed by atoms with Crippen molar-refractivity contribution in [1.29, 1.82) is 0 Å². The van der Waals surface area contributed by atoms with Crippen molar-refractivity contribution in [2.24, 2.45) is 4.99 Å². The van der Waals surface area contributed by atoms with Crippen LogP contribution < -0.4 is 10.6 Å². The normalized spacial score (nSPS) is 12.3. The number of rotatable bonds is 6. The van der Waals surface area contributed by atoms with Gasteiger partial charge in [-0.2, -0.15) is 0 Å². The van der Waals surface area contributed by atoms with E-state index in [1.165, 1.54) is 30.5 Å². The van der Waals surface area contributed by atoms with E-state index in [0.717, 1.165) is 5.56 Å². The quantitative estimate of drug-likeness (QED) is 0.595. The first-order valence-corrected chi connectivity index (χ1v) is 9.48. The summed E-state index contributed by atoms with van der Waals surface area (Å²) in [6, 6.07) is 13.0. The van der Waals surface area contributed by atoms with E-state index in [0.29, 0.717) is 24.6 Å². The Morgan fingerprint density at radius 2 is 1.65 bits per heavy atom. The van der Waals surface area contributed by atoms with Crippen molar-refractivity contribution in [2.75, 3.05) is 21.1 Å². The van der Waals surface area contributed by atoms with Crippen LogP contribution in [0.5, 0.6) is 0 Å². The first-order chi connectivity index (χ1) is 12.3. The van der Waals surface area contributed by atoms with E-state index in [1.54, 1.807) is 43.4 Å². The Morgan fingerprint density at radius 1 is 1.04 bits per heavy atom. The minimum Gasteiger partial charge on any atom is -0.352 e. The molecule has 0 radical (unpaired) electrons. The van der Waals surface area contributed by atoms with Crippen LogP contribution in [0, 0.1) is 5.82 Å². The molecule has 8 heteroatoms.